The van der Waals surface area contributed by atoms with Crippen molar-refractivity contribution in [1.82, 2.24) is 15.3 Å². The van der Waals surface area contributed by atoms with Crippen molar-refractivity contribution >= 4 is 5.91 Å². The summed E-state index contributed by atoms with van der Waals surface area (Å²) >= 11 is 0. The van der Waals surface area contributed by atoms with Crippen molar-refractivity contribution in [3.8, 4) is 22.8 Å². The van der Waals surface area contributed by atoms with Gasteiger partial charge in [0, 0.05) is 16.7 Å². The van der Waals surface area contributed by atoms with Gasteiger partial charge in [-0.05, 0) is 18.2 Å². The molecular weight excluding hydrogens is 374 g/mol. The molecule has 0 spiro atoms. The normalized spacial score (nSPS) is 12.4. The van der Waals surface area contributed by atoms with Gasteiger partial charge >= 0.3 is 0 Å². The Bertz CT molecular complexity index is 1160. The highest BCUT2D eigenvalue weighted by atomic mass is 16.5. The second-order valence-electron chi connectivity index (χ2n) is 7.09. The lowest BCUT2D eigenvalue weighted by Crippen LogP contribution is -2.31. The first kappa shape index (κ1) is 18.1. The highest BCUT2D eigenvalue weighted by Crippen LogP contribution is 2.43. The second-order valence-corrected chi connectivity index (χ2v) is 7.09. The molecule has 1 N–H and O–H groups in total. The average molecular weight is 393 g/mol. The van der Waals surface area contributed by atoms with Crippen LogP contribution in [0.2, 0.25) is 0 Å². The van der Waals surface area contributed by atoms with Crippen molar-refractivity contribution in [3.63, 3.8) is 0 Å². The summed E-state index contributed by atoms with van der Waals surface area (Å²) in [6.07, 6.45) is 1.53. The van der Waals surface area contributed by atoms with Crippen LogP contribution in [-0.4, -0.2) is 15.9 Å². The molecule has 0 saturated heterocycles. The van der Waals surface area contributed by atoms with Gasteiger partial charge in [0.15, 0.2) is 0 Å². The van der Waals surface area contributed by atoms with Crippen LogP contribution < -0.4 is 10.1 Å². The molecule has 0 unspecified atom stereocenters. The number of rotatable bonds is 4. The molecule has 146 valence electrons. The number of para-hydroxylation sites is 2. The van der Waals surface area contributed by atoms with Crippen LogP contribution in [0.3, 0.4) is 0 Å². The number of fused-ring (bicyclic) bond motifs is 2. The van der Waals surface area contributed by atoms with Crippen LogP contribution in [0.4, 0.5) is 0 Å². The molecule has 5 rings (SSSR count). The molecular formula is C25H19N3O2. The van der Waals surface area contributed by atoms with Gasteiger partial charge in [-0.15, -0.1) is 0 Å². The Morgan fingerprint density at radius 2 is 1.47 bits per heavy atom. The maximum Gasteiger partial charge on any atom is 0.232 e. The number of nitrogens with zero attached hydrogens (tertiary/aromatic N) is 2. The minimum atomic E-state index is -0.429. The lowest BCUT2D eigenvalue weighted by atomic mass is 9.87. The third-order valence-electron chi connectivity index (χ3n) is 5.18. The summed E-state index contributed by atoms with van der Waals surface area (Å²) < 4.78 is 5.98. The number of hydrogen-bond acceptors (Lipinski definition) is 4. The molecule has 3 aromatic carbocycles. The monoisotopic (exact) mass is 393 g/mol. The van der Waals surface area contributed by atoms with Crippen molar-refractivity contribution in [1.29, 1.82) is 0 Å². The number of benzene rings is 3. The molecule has 0 radical (unpaired) electrons. The summed E-state index contributed by atoms with van der Waals surface area (Å²) in [5.41, 5.74) is 4.32. The van der Waals surface area contributed by atoms with Gasteiger partial charge in [-0.25, -0.2) is 9.97 Å². The number of aromatic nitrogens is 2. The third-order valence-corrected chi connectivity index (χ3v) is 5.18. The molecule has 1 aromatic heterocycles. The summed E-state index contributed by atoms with van der Waals surface area (Å²) in [6.45, 7) is 0.322. The Kier molecular flexibility index (Phi) is 4.69. The van der Waals surface area contributed by atoms with Crippen molar-refractivity contribution < 1.29 is 9.53 Å². The van der Waals surface area contributed by atoms with Crippen LogP contribution in [0.25, 0.3) is 11.3 Å². The molecule has 0 bridgehead atoms. The Morgan fingerprint density at radius 1 is 0.833 bits per heavy atom. The molecule has 1 aliphatic rings. The first-order valence-corrected chi connectivity index (χ1v) is 9.79. The highest BCUT2D eigenvalue weighted by molar-refractivity contribution is 5.89. The number of nitrogens with one attached hydrogen (secondary N) is 1. The predicted molar refractivity (Wildman–Crippen MR) is 114 cm³/mol. The summed E-state index contributed by atoms with van der Waals surface area (Å²) in [5.74, 6) is 0.911. The molecule has 0 fully saturated rings. The summed E-state index contributed by atoms with van der Waals surface area (Å²) in [7, 11) is 0. The average Bonchev–Trinajstić information content (AvgIpc) is 2.81. The van der Waals surface area contributed by atoms with Gasteiger partial charge in [-0.1, -0.05) is 66.7 Å². The lowest BCUT2D eigenvalue weighted by molar-refractivity contribution is -0.122. The maximum absolute atomic E-state index is 13.2. The quantitative estimate of drug-likeness (QED) is 0.546. The fourth-order valence-electron chi connectivity index (χ4n) is 3.73. The lowest BCUT2D eigenvalue weighted by Gasteiger charge is -2.27. The molecule has 0 atom stereocenters. The van der Waals surface area contributed by atoms with Crippen LogP contribution in [0.15, 0.2) is 91.3 Å². The van der Waals surface area contributed by atoms with Gasteiger partial charge < -0.3 is 10.1 Å². The van der Waals surface area contributed by atoms with E-state index in [1.165, 1.54) is 6.33 Å². The smallest absolute Gasteiger partial charge is 0.232 e. The summed E-state index contributed by atoms with van der Waals surface area (Å²) in [6, 6.07) is 27.1. The third kappa shape index (κ3) is 3.42. The molecule has 30 heavy (non-hydrogen) atoms. The van der Waals surface area contributed by atoms with E-state index >= 15 is 0 Å². The summed E-state index contributed by atoms with van der Waals surface area (Å²) in [5, 5.41) is 3.04. The summed E-state index contributed by atoms with van der Waals surface area (Å²) in [4.78, 5) is 21.9. The van der Waals surface area contributed by atoms with E-state index in [1.807, 2.05) is 84.9 Å². The fraction of sp³-hybridized carbons (Fsp3) is 0.0800. The largest absolute Gasteiger partial charge is 0.457 e. The zero-order chi connectivity index (χ0) is 20.3. The van der Waals surface area contributed by atoms with Gasteiger partial charge in [-0.2, -0.15) is 0 Å². The zero-order valence-electron chi connectivity index (χ0n) is 16.2. The zero-order valence-corrected chi connectivity index (χ0v) is 16.2. The molecule has 0 aliphatic carbocycles. The van der Waals surface area contributed by atoms with Crippen molar-refractivity contribution in [3.05, 3.63) is 108 Å². The number of amides is 1. The Balaban J connectivity index is 1.39. The van der Waals surface area contributed by atoms with Gasteiger partial charge in [0.05, 0.1) is 23.9 Å². The molecule has 5 nitrogen and oxygen atoms in total. The van der Waals surface area contributed by atoms with Gasteiger partial charge in [-0.3, -0.25) is 4.79 Å². The first-order valence-electron chi connectivity index (χ1n) is 9.79. The van der Waals surface area contributed by atoms with Gasteiger partial charge in [0.2, 0.25) is 5.91 Å². The maximum atomic E-state index is 13.2. The van der Waals surface area contributed by atoms with E-state index in [0.717, 1.165) is 28.1 Å². The topological polar surface area (TPSA) is 64.1 Å². The standard InChI is InChI=1S/C25H19N3O2/c29-25(26-15-18-14-21(28-16-27-18)17-8-2-1-3-9-17)24-19-10-4-6-12-22(19)30-23-13-7-5-11-20(23)24/h1-14,16,24H,15H2,(H,26,29). The molecule has 1 amide bonds. The minimum absolute atomic E-state index is 0.0851. The van der Waals surface area contributed by atoms with Crippen LogP contribution >= 0.6 is 0 Å². The highest BCUT2D eigenvalue weighted by Gasteiger charge is 2.32. The van der Waals surface area contributed by atoms with Gasteiger partial charge in [0.1, 0.15) is 17.8 Å². The van der Waals surface area contributed by atoms with Crippen molar-refractivity contribution in [2.24, 2.45) is 0 Å². The number of ether oxygens (including phenoxy) is 1. The predicted octanol–water partition coefficient (Wildman–Crippen LogP) is 4.70. The van der Waals surface area contributed by atoms with E-state index in [2.05, 4.69) is 15.3 Å². The molecule has 1 aliphatic heterocycles. The molecule has 5 heteroatoms. The van der Waals surface area contributed by atoms with Crippen molar-refractivity contribution in [2.45, 2.75) is 12.5 Å². The van der Waals surface area contributed by atoms with Crippen LogP contribution in [0, 0.1) is 0 Å². The molecule has 4 aromatic rings. The number of hydrogen-bond donors (Lipinski definition) is 1. The van der Waals surface area contributed by atoms with Crippen molar-refractivity contribution in [2.75, 3.05) is 0 Å². The first-order chi connectivity index (χ1) is 14.8. The minimum Gasteiger partial charge on any atom is -0.457 e. The van der Waals surface area contributed by atoms with E-state index in [-0.39, 0.29) is 5.91 Å². The number of carbonyl (C=O) groups is 1. The van der Waals surface area contributed by atoms with E-state index in [0.29, 0.717) is 18.0 Å². The Hall–Kier alpha value is -3.99. The van der Waals surface area contributed by atoms with Crippen LogP contribution in [-0.2, 0) is 11.3 Å². The second kappa shape index (κ2) is 7.79. The SMILES string of the molecule is O=C(NCc1cc(-c2ccccc2)ncn1)C1c2ccccc2Oc2ccccc21. The van der Waals surface area contributed by atoms with Gasteiger partial charge in [0.25, 0.3) is 0 Å². The van der Waals surface area contributed by atoms with Crippen LogP contribution in [0.5, 0.6) is 11.5 Å². The fourth-order valence-corrected chi connectivity index (χ4v) is 3.73. The van der Waals surface area contributed by atoms with E-state index in [4.69, 9.17) is 4.74 Å². The molecule has 0 saturated carbocycles. The Labute approximate surface area is 174 Å². The van der Waals surface area contributed by atoms with E-state index in [9.17, 15) is 4.79 Å². The van der Waals surface area contributed by atoms with Crippen LogP contribution in [0.1, 0.15) is 22.7 Å². The van der Waals surface area contributed by atoms with E-state index < -0.39 is 5.92 Å². The Morgan fingerprint density at radius 3 is 2.17 bits per heavy atom. The van der Waals surface area contributed by atoms with E-state index in [1.54, 1.807) is 0 Å². The molecule has 2 heterocycles. The number of carbonyl (C=O) groups excluding carboxylic acids is 1.